The number of pyridine rings is 1. The number of aryl methyl sites for hydroxylation is 3. The van der Waals surface area contributed by atoms with Crippen molar-refractivity contribution in [2.24, 2.45) is 5.73 Å². The van der Waals surface area contributed by atoms with Crippen molar-refractivity contribution in [1.29, 1.82) is 0 Å². The molecule has 3 N–H and O–H groups in total. The first-order valence-electron chi connectivity index (χ1n) is 13.0. The van der Waals surface area contributed by atoms with E-state index < -0.39 is 11.9 Å². The number of amides is 2. The van der Waals surface area contributed by atoms with Crippen molar-refractivity contribution in [3.63, 3.8) is 0 Å². The number of nitrogens with zero attached hydrogens (tertiary/aromatic N) is 1. The van der Waals surface area contributed by atoms with E-state index in [1.54, 1.807) is 55.5 Å². The molecule has 2 aromatic carbocycles. The summed E-state index contributed by atoms with van der Waals surface area (Å²) in [6.07, 6.45) is 2.74. The number of nitrogens with two attached hydrogens (primary N) is 1. The van der Waals surface area contributed by atoms with Crippen LogP contribution >= 0.6 is 0 Å². The number of benzene rings is 2. The van der Waals surface area contributed by atoms with Crippen molar-refractivity contribution in [3.8, 4) is 11.1 Å². The number of furan rings is 1. The monoisotopic (exact) mass is 543 g/mol. The molecule has 0 radical (unpaired) electrons. The highest BCUT2D eigenvalue weighted by Gasteiger charge is 2.28. The van der Waals surface area contributed by atoms with E-state index in [0.717, 1.165) is 5.56 Å². The van der Waals surface area contributed by atoms with Gasteiger partial charge in [0, 0.05) is 11.1 Å². The summed E-state index contributed by atoms with van der Waals surface area (Å²) in [4.78, 5) is 43.4. The van der Waals surface area contributed by atoms with Crippen LogP contribution in [-0.4, -0.2) is 29.4 Å². The number of rotatable bonds is 11. The van der Waals surface area contributed by atoms with Crippen LogP contribution < -0.4 is 11.1 Å². The lowest BCUT2D eigenvalue weighted by molar-refractivity contribution is 0.0525. The minimum absolute atomic E-state index is 0.117. The van der Waals surface area contributed by atoms with E-state index in [2.05, 4.69) is 10.3 Å². The number of carbonyl (C=O) groups is 3. The fourth-order valence-electron chi connectivity index (χ4n) is 4.49. The van der Waals surface area contributed by atoms with E-state index in [9.17, 15) is 18.8 Å². The van der Waals surface area contributed by atoms with Crippen molar-refractivity contribution in [1.82, 2.24) is 10.3 Å². The van der Waals surface area contributed by atoms with Crippen LogP contribution in [0.5, 0.6) is 0 Å². The van der Waals surface area contributed by atoms with Crippen LogP contribution in [0.2, 0.25) is 0 Å². The van der Waals surface area contributed by atoms with Gasteiger partial charge in [-0.15, -0.1) is 0 Å². The number of hydrogen-bond acceptors (Lipinski definition) is 6. The Morgan fingerprint density at radius 2 is 1.68 bits per heavy atom. The zero-order chi connectivity index (χ0) is 28.6. The maximum atomic E-state index is 13.4. The third kappa shape index (κ3) is 6.43. The highest BCUT2D eigenvalue weighted by molar-refractivity contribution is 6.08. The van der Waals surface area contributed by atoms with Gasteiger partial charge in [0.2, 0.25) is 0 Å². The second-order valence-corrected chi connectivity index (χ2v) is 9.03. The molecule has 2 heterocycles. The summed E-state index contributed by atoms with van der Waals surface area (Å²) >= 11 is 0. The summed E-state index contributed by atoms with van der Waals surface area (Å²) < 4.78 is 24.0. The van der Waals surface area contributed by atoms with Gasteiger partial charge in [-0.1, -0.05) is 31.2 Å². The van der Waals surface area contributed by atoms with Crippen molar-refractivity contribution in [3.05, 3.63) is 112 Å². The van der Waals surface area contributed by atoms with E-state index in [4.69, 9.17) is 14.9 Å². The Hall–Kier alpha value is -4.79. The molecule has 0 unspecified atom stereocenters. The fraction of sp³-hybridized carbons (Fsp3) is 0.226. The van der Waals surface area contributed by atoms with E-state index in [-0.39, 0.29) is 36.0 Å². The predicted molar refractivity (Wildman–Crippen MR) is 147 cm³/mol. The largest absolute Gasteiger partial charge is 0.467 e. The second-order valence-electron chi connectivity index (χ2n) is 9.03. The van der Waals surface area contributed by atoms with Crippen LogP contribution in [0.4, 0.5) is 4.39 Å². The van der Waals surface area contributed by atoms with Gasteiger partial charge in [0.05, 0.1) is 41.9 Å². The molecule has 0 aliphatic heterocycles. The van der Waals surface area contributed by atoms with Gasteiger partial charge >= 0.3 is 5.97 Å². The molecular weight excluding hydrogens is 513 g/mol. The zero-order valence-corrected chi connectivity index (χ0v) is 22.3. The lowest BCUT2D eigenvalue weighted by Crippen LogP contribution is -2.23. The van der Waals surface area contributed by atoms with Gasteiger partial charge in [-0.3, -0.25) is 14.6 Å². The minimum Gasteiger partial charge on any atom is -0.467 e. The summed E-state index contributed by atoms with van der Waals surface area (Å²) in [6, 6.07) is 16.1. The van der Waals surface area contributed by atoms with Crippen molar-refractivity contribution >= 4 is 17.8 Å². The molecule has 40 heavy (non-hydrogen) atoms. The maximum absolute atomic E-state index is 13.4. The number of aromatic nitrogens is 1. The molecule has 4 rings (SSSR count). The molecule has 0 saturated heterocycles. The summed E-state index contributed by atoms with van der Waals surface area (Å²) in [5, 5.41) is 2.79. The molecule has 0 aliphatic rings. The molecule has 206 valence electrons. The van der Waals surface area contributed by atoms with Crippen LogP contribution in [0.15, 0.2) is 71.3 Å². The molecule has 0 saturated carbocycles. The highest BCUT2D eigenvalue weighted by atomic mass is 19.1. The molecule has 9 heteroatoms. The molecule has 8 nitrogen and oxygen atoms in total. The Balaban J connectivity index is 1.77. The maximum Gasteiger partial charge on any atom is 0.340 e. The molecule has 0 aliphatic carbocycles. The Bertz CT molecular complexity index is 1500. The Morgan fingerprint density at radius 3 is 2.27 bits per heavy atom. The van der Waals surface area contributed by atoms with Crippen molar-refractivity contribution in [2.75, 3.05) is 6.61 Å². The summed E-state index contributed by atoms with van der Waals surface area (Å²) in [6.45, 7) is 3.88. The molecule has 2 amide bonds. The molecule has 4 aromatic rings. The fourth-order valence-corrected chi connectivity index (χ4v) is 4.49. The van der Waals surface area contributed by atoms with E-state index in [1.165, 1.54) is 18.4 Å². The van der Waals surface area contributed by atoms with E-state index in [0.29, 0.717) is 53.1 Å². The summed E-state index contributed by atoms with van der Waals surface area (Å²) in [5.41, 5.74) is 9.07. The van der Waals surface area contributed by atoms with Gasteiger partial charge in [0.15, 0.2) is 0 Å². The molecule has 0 fully saturated rings. The summed E-state index contributed by atoms with van der Waals surface area (Å²) in [5.74, 6) is -1.40. The highest BCUT2D eigenvalue weighted by Crippen LogP contribution is 2.33. The molecule has 0 atom stereocenters. The predicted octanol–water partition coefficient (Wildman–Crippen LogP) is 5.03. The number of nitrogens with one attached hydrogen (secondary N) is 1. The quantitative estimate of drug-likeness (QED) is 0.256. The Labute approximate surface area is 231 Å². The van der Waals surface area contributed by atoms with Gasteiger partial charge in [0.1, 0.15) is 11.6 Å². The van der Waals surface area contributed by atoms with Crippen LogP contribution in [0.1, 0.15) is 67.6 Å². The lowest BCUT2D eigenvalue weighted by atomic mass is 9.89. The summed E-state index contributed by atoms with van der Waals surface area (Å²) in [7, 11) is 0. The average molecular weight is 544 g/mol. The van der Waals surface area contributed by atoms with E-state index in [1.807, 2.05) is 6.92 Å². The third-order valence-corrected chi connectivity index (χ3v) is 6.41. The first-order chi connectivity index (χ1) is 19.3. The molecule has 0 spiro atoms. The zero-order valence-electron chi connectivity index (χ0n) is 22.3. The average Bonchev–Trinajstić information content (AvgIpc) is 3.48. The number of ether oxygens (including phenoxy) is 1. The van der Waals surface area contributed by atoms with Crippen LogP contribution in [-0.2, 0) is 30.5 Å². The minimum atomic E-state index is -0.727. The van der Waals surface area contributed by atoms with Crippen molar-refractivity contribution < 1.29 is 27.9 Å². The Morgan fingerprint density at radius 1 is 0.950 bits per heavy atom. The third-order valence-electron chi connectivity index (χ3n) is 6.41. The van der Waals surface area contributed by atoms with Crippen LogP contribution in [0, 0.1) is 5.82 Å². The van der Waals surface area contributed by atoms with Crippen LogP contribution in [0.25, 0.3) is 11.1 Å². The standard InChI is InChI=1S/C31H30FN3O5/c1-3-24-27(29(33)36)26(20-10-12-21(13-11-20)30(37)34-18-23-6-5-17-40-23)28(31(38)39-4-2)25(35-24)16-9-19-7-14-22(32)15-8-19/h5-8,10-15,17H,3-4,9,16,18H2,1-2H3,(H2,33,36)(H,34,37). The Kier molecular flexibility index (Phi) is 9.06. The lowest BCUT2D eigenvalue weighted by Gasteiger charge is -2.19. The van der Waals surface area contributed by atoms with E-state index >= 15 is 0 Å². The molecule has 0 bridgehead atoms. The van der Waals surface area contributed by atoms with Gasteiger partial charge in [-0.2, -0.15) is 0 Å². The van der Waals surface area contributed by atoms with Gasteiger partial charge in [-0.05, 0) is 73.7 Å². The number of esters is 1. The number of halogens is 1. The SMILES string of the molecule is CCOC(=O)c1c(CCc2ccc(F)cc2)nc(CC)c(C(N)=O)c1-c1ccc(C(=O)NCc2ccco2)cc1. The molecular formula is C31H30FN3O5. The number of carbonyl (C=O) groups excluding carboxylic acids is 3. The van der Waals surface area contributed by atoms with Gasteiger partial charge in [-0.25, -0.2) is 9.18 Å². The van der Waals surface area contributed by atoms with Crippen molar-refractivity contribution in [2.45, 2.75) is 39.7 Å². The number of primary amides is 1. The number of hydrogen-bond donors (Lipinski definition) is 2. The first-order valence-corrected chi connectivity index (χ1v) is 13.0. The smallest absolute Gasteiger partial charge is 0.340 e. The molecule has 2 aromatic heterocycles. The topological polar surface area (TPSA) is 125 Å². The van der Waals surface area contributed by atoms with Gasteiger partial charge in [0.25, 0.3) is 11.8 Å². The first kappa shape index (κ1) is 28.2. The second kappa shape index (κ2) is 12.8. The van der Waals surface area contributed by atoms with Crippen LogP contribution in [0.3, 0.4) is 0 Å². The normalized spacial score (nSPS) is 10.8. The van der Waals surface area contributed by atoms with Gasteiger partial charge < -0.3 is 20.2 Å².